The van der Waals surface area contributed by atoms with Crippen LogP contribution in [0.15, 0.2) is 83.8 Å². The second kappa shape index (κ2) is 9.16. The van der Waals surface area contributed by atoms with E-state index in [-0.39, 0.29) is 22.0 Å². The Balaban J connectivity index is 1.79. The van der Waals surface area contributed by atoms with Crippen molar-refractivity contribution in [3.05, 3.63) is 90.1 Å². The van der Waals surface area contributed by atoms with Crippen molar-refractivity contribution in [2.45, 2.75) is 17.5 Å². The monoisotopic (exact) mass is 505 g/mol. The van der Waals surface area contributed by atoms with E-state index in [4.69, 9.17) is 5.14 Å². The number of aromatic nitrogens is 2. The summed E-state index contributed by atoms with van der Waals surface area (Å²) in [5.41, 5.74) is 0.174. The van der Waals surface area contributed by atoms with Crippen molar-refractivity contribution >= 4 is 10.0 Å². The van der Waals surface area contributed by atoms with Gasteiger partial charge in [-0.3, -0.25) is 0 Å². The van der Waals surface area contributed by atoms with E-state index in [9.17, 15) is 30.4 Å². The van der Waals surface area contributed by atoms with E-state index in [0.717, 1.165) is 30.3 Å². The summed E-state index contributed by atoms with van der Waals surface area (Å²) in [7, 11) is -3.94. The van der Waals surface area contributed by atoms with Gasteiger partial charge in [-0.15, -0.1) is 0 Å². The average Bonchev–Trinajstić information content (AvgIpc) is 2.83. The Kier molecular flexibility index (Phi) is 6.39. The maximum absolute atomic E-state index is 13.6. The number of nitrogens with zero attached hydrogens (tertiary/aromatic N) is 2. The van der Waals surface area contributed by atoms with Crippen molar-refractivity contribution in [1.82, 2.24) is 9.97 Å². The Bertz CT molecular complexity index is 1490. The van der Waals surface area contributed by atoms with Crippen LogP contribution in [0.1, 0.15) is 17.7 Å². The molecule has 0 unspecified atom stereocenters. The molecule has 0 atom stereocenters. The van der Waals surface area contributed by atoms with E-state index in [2.05, 4.69) is 9.97 Å². The quantitative estimate of drug-likeness (QED) is 0.333. The smallest absolute Gasteiger partial charge is 0.228 e. The zero-order valence-corrected chi connectivity index (χ0v) is 18.5. The molecule has 1 heterocycles. The van der Waals surface area contributed by atoms with E-state index in [1.807, 2.05) is 0 Å². The number of hydrogen-bond donors (Lipinski definition) is 1. The standard InChI is InChI=1S/C24H16F5N3O2S/c25-22(26)21-13-20(14-7-9-18(10-8-14)24(27,28)29)31-23(32-21)17-5-1-3-15(11-17)16-4-2-6-19(12-16)35(30,33)34/h1-13,22H,(H2,30,33,34). The van der Waals surface area contributed by atoms with Gasteiger partial charge in [-0.1, -0.05) is 42.5 Å². The van der Waals surface area contributed by atoms with Crippen molar-refractivity contribution in [3.8, 4) is 33.8 Å². The highest BCUT2D eigenvalue weighted by Gasteiger charge is 2.30. The lowest BCUT2D eigenvalue weighted by Gasteiger charge is -2.11. The second-order valence-electron chi connectivity index (χ2n) is 7.53. The van der Waals surface area contributed by atoms with Crippen LogP contribution in [0.25, 0.3) is 33.8 Å². The topological polar surface area (TPSA) is 85.9 Å². The third-order valence-electron chi connectivity index (χ3n) is 5.09. The molecule has 0 aliphatic rings. The lowest BCUT2D eigenvalue weighted by molar-refractivity contribution is -0.137. The molecule has 4 aromatic rings. The van der Waals surface area contributed by atoms with E-state index in [1.54, 1.807) is 30.3 Å². The Hall–Kier alpha value is -3.70. The number of rotatable bonds is 5. The minimum Gasteiger partial charge on any atom is -0.228 e. The molecule has 0 spiro atoms. The molecule has 180 valence electrons. The van der Waals surface area contributed by atoms with Crippen molar-refractivity contribution < 1.29 is 30.4 Å². The molecule has 1 aromatic heterocycles. The SMILES string of the molecule is NS(=O)(=O)c1cccc(-c2cccc(-c3nc(-c4ccc(C(F)(F)F)cc4)cc(C(F)F)n3)c2)c1. The number of sulfonamides is 1. The largest absolute Gasteiger partial charge is 0.416 e. The summed E-state index contributed by atoms with van der Waals surface area (Å²) in [4.78, 5) is 8.12. The number of benzene rings is 3. The summed E-state index contributed by atoms with van der Waals surface area (Å²) in [5.74, 6) is -0.0675. The number of halogens is 5. The fourth-order valence-corrected chi connectivity index (χ4v) is 3.93. The van der Waals surface area contributed by atoms with Gasteiger partial charge in [0.15, 0.2) is 5.82 Å². The van der Waals surface area contributed by atoms with Crippen LogP contribution < -0.4 is 5.14 Å². The third-order valence-corrected chi connectivity index (χ3v) is 6.01. The first kappa shape index (κ1) is 24.4. The van der Waals surface area contributed by atoms with E-state index in [1.165, 1.54) is 18.2 Å². The Morgan fingerprint density at radius 3 is 1.94 bits per heavy atom. The normalized spacial score (nSPS) is 12.2. The predicted molar refractivity (Wildman–Crippen MR) is 120 cm³/mol. The van der Waals surface area contributed by atoms with Crippen LogP contribution in [0, 0.1) is 0 Å². The molecule has 0 saturated heterocycles. The molecule has 0 fully saturated rings. The highest BCUT2D eigenvalue weighted by molar-refractivity contribution is 7.89. The molecule has 0 aliphatic carbocycles. The highest BCUT2D eigenvalue weighted by atomic mass is 32.2. The summed E-state index contributed by atoms with van der Waals surface area (Å²) in [6.45, 7) is 0. The van der Waals surface area contributed by atoms with Crippen LogP contribution in [0.3, 0.4) is 0 Å². The highest BCUT2D eigenvalue weighted by Crippen LogP contribution is 2.33. The molecule has 3 aromatic carbocycles. The van der Waals surface area contributed by atoms with Gasteiger partial charge in [0.1, 0.15) is 5.69 Å². The van der Waals surface area contributed by atoms with Crippen molar-refractivity contribution in [2.75, 3.05) is 0 Å². The maximum Gasteiger partial charge on any atom is 0.416 e. The number of nitrogens with two attached hydrogens (primary N) is 1. The van der Waals surface area contributed by atoms with Crippen molar-refractivity contribution in [3.63, 3.8) is 0 Å². The lowest BCUT2D eigenvalue weighted by atomic mass is 10.0. The summed E-state index contributed by atoms with van der Waals surface area (Å²) in [6.07, 6.45) is -7.48. The molecule has 4 rings (SSSR count). The van der Waals surface area contributed by atoms with Crippen LogP contribution in [0.2, 0.25) is 0 Å². The lowest BCUT2D eigenvalue weighted by Crippen LogP contribution is -2.11. The zero-order chi connectivity index (χ0) is 25.4. The molecule has 5 nitrogen and oxygen atoms in total. The summed E-state index contributed by atoms with van der Waals surface area (Å²) in [6, 6.07) is 17.4. The first-order valence-corrected chi connectivity index (χ1v) is 11.5. The predicted octanol–water partition coefficient (Wildman–Crippen LogP) is 6.08. The van der Waals surface area contributed by atoms with Gasteiger partial charge in [-0.05, 0) is 47.5 Å². The van der Waals surface area contributed by atoms with Crippen molar-refractivity contribution in [1.29, 1.82) is 0 Å². The molecule has 0 bridgehead atoms. The minimum atomic E-state index is -4.54. The van der Waals surface area contributed by atoms with Gasteiger partial charge in [-0.2, -0.15) is 13.2 Å². The van der Waals surface area contributed by atoms with Gasteiger partial charge < -0.3 is 0 Å². The van der Waals surface area contributed by atoms with Gasteiger partial charge in [0.05, 0.1) is 16.2 Å². The van der Waals surface area contributed by atoms with Crippen LogP contribution in [-0.4, -0.2) is 18.4 Å². The van der Waals surface area contributed by atoms with E-state index >= 15 is 0 Å². The molecular weight excluding hydrogens is 489 g/mol. The average molecular weight is 505 g/mol. The summed E-state index contributed by atoms with van der Waals surface area (Å²) in [5, 5.41) is 5.19. The molecule has 0 radical (unpaired) electrons. The van der Waals surface area contributed by atoms with E-state index in [0.29, 0.717) is 16.7 Å². The Morgan fingerprint density at radius 2 is 1.34 bits per heavy atom. The number of primary sulfonamides is 1. The van der Waals surface area contributed by atoms with Gasteiger partial charge in [0, 0.05) is 11.1 Å². The van der Waals surface area contributed by atoms with Gasteiger partial charge in [-0.25, -0.2) is 32.3 Å². The first-order chi connectivity index (χ1) is 16.4. The van der Waals surface area contributed by atoms with Crippen LogP contribution in [0.5, 0.6) is 0 Å². The molecule has 0 saturated carbocycles. The number of alkyl halides is 5. The van der Waals surface area contributed by atoms with Crippen LogP contribution >= 0.6 is 0 Å². The molecular formula is C24H16F5N3O2S. The maximum atomic E-state index is 13.6. The van der Waals surface area contributed by atoms with Crippen molar-refractivity contribution in [2.24, 2.45) is 5.14 Å². The number of hydrogen-bond acceptors (Lipinski definition) is 4. The van der Waals surface area contributed by atoms with E-state index < -0.39 is 33.9 Å². The molecule has 11 heteroatoms. The third kappa shape index (κ3) is 5.52. The molecule has 2 N–H and O–H groups in total. The molecule has 0 amide bonds. The summed E-state index contributed by atoms with van der Waals surface area (Å²) < 4.78 is 89.1. The van der Waals surface area contributed by atoms with Crippen LogP contribution in [-0.2, 0) is 16.2 Å². The molecule has 35 heavy (non-hydrogen) atoms. The second-order valence-corrected chi connectivity index (χ2v) is 9.09. The minimum absolute atomic E-state index is 0.0284. The van der Waals surface area contributed by atoms with Crippen LogP contribution in [0.4, 0.5) is 22.0 Å². The van der Waals surface area contributed by atoms with Gasteiger partial charge >= 0.3 is 6.18 Å². The Morgan fingerprint density at radius 1 is 0.743 bits per heavy atom. The zero-order valence-electron chi connectivity index (χ0n) is 17.7. The summed E-state index contributed by atoms with van der Waals surface area (Å²) >= 11 is 0. The fraction of sp³-hybridized carbons (Fsp3) is 0.0833. The molecule has 0 aliphatic heterocycles. The fourth-order valence-electron chi connectivity index (χ4n) is 3.38. The van der Waals surface area contributed by atoms with Gasteiger partial charge in [0.25, 0.3) is 6.43 Å². The Labute approximate surface area is 197 Å². The first-order valence-electron chi connectivity index (χ1n) is 10.0. The van der Waals surface area contributed by atoms with Gasteiger partial charge in [0.2, 0.25) is 10.0 Å².